The third-order valence-corrected chi connectivity index (χ3v) is 3.88. The van der Waals surface area contributed by atoms with E-state index in [0.29, 0.717) is 6.04 Å². The molecule has 4 nitrogen and oxygen atoms in total. The van der Waals surface area contributed by atoms with Gasteiger partial charge in [-0.3, -0.25) is 0 Å². The van der Waals surface area contributed by atoms with E-state index in [1.54, 1.807) is 0 Å². The summed E-state index contributed by atoms with van der Waals surface area (Å²) in [5, 5.41) is 2.93. The summed E-state index contributed by atoms with van der Waals surface area (Å²) in [5.41, 5.74) is 7.69. The molecule has 0 radical (unpaired) electrons. The van der Waals surface area contributed by atoms with Crippen LogP contribution in [0.4, 0.5) is 10.5 Å². The van der Waals surface area contributed by atoms with Crippen molar-refractivity contribution in [1.29, 1.82) is 0 Å². The minimum Gasteiger partial charge on any atom is -0.325 e. The van der Waals surface area contributed by atoms with E-state index in [-0.39, 0.29) is 12.1 Å². The van der Waals surface area contributed by atoms with E-state index in [0.717, 1.165) is 24.1 Å². The fraction of sp³-hybridized carbons (Fsp3) is 0.533. The second-order valence-electron chi connectivity index (χ2n) is 5.39. The van der Waals surface area contributed by atoms with E-state index in [1.807, 2.05) is 43.1 Å². The number of urea groups is 1. The molecule has 3 N–H and O–H groups in total. The van der Waals surface area contributed by atoms with E-state index < -0.39 is 0 Å². The Bertz CT molecular complexity index is 422. The Morgan fingerprint density at radius 1 is 1.32 bits per heavy atom. The van der Waals surface area contributed by atoms with Crippen molar-refractivity contribution in [2.24, 2.45) is 5.73 Å². The summed E-state index contributed by atoms with van der Waals surface area (Å²) in [7, 11) is 1.88. The third kappa shape index (κ3) is 3.47. The number of anilines is 1. The molecule has 1 aromatic rings. The van der Waals surface area contributed by atoms with Crippen molar-refractivity contribution in [1.82, 2.24) is 4.90 Å². The van der Waals surface area contributed by atoms with Crippen LogP contribution in [0.1, 0.15) is 44.2 Å². The van der Waals surface area contributed by atoms with Crippen molar-refractivity contribution in [3.63, 3.8) is 0 Å². The summed E-state index contributed by atoms with van der Waals surface area (Å²) in [6.45, 7) is 1.95. The first kappa shape index (κ1) is 13.9. The lowest BCUT2D eigenvalue weighted by atomic mass is 10.1. The lowest BCUT2D eigenvalue weighted by Gasteiger charge is -2.24. The number of amides is 2. The van der Waals surface area contributed by atoms with Gasteiger partial charge < -0.3 is 16.0 Å². The van der Waals surface area contributed by atoms with Crippen molar-refractivity contribution in [3.05, 3.63) is 29.8 Å². The summed E-state index contributed by atoms with van der Waals surface area (Å²) < 4.78 is 0. The minimum absolute atomic E-state index is 0.0194. The predicted molar refractivity (Wildman–Crippen MR) is 78.1 cm³/mol. The molecule has 2 rings (SSSR count). The van der Waals surface area contributed by atoms with Crippen LogP contribution >= 0.6 is 0 Å². The average molecular weight is 261 g/mol. The fourth-order valence-electron chi connectivity index (χ4n) is 2.54. The van der Waals surface area contributed by atoms with Gasteiger partial charge in [-0.2, -0.15) is 0 Å². The smallest absolute Gasteiger partial charge is 0.321 e. The number of hydrogen-bond acceptors (Lipinski definition) is 2. The standard InChI is InChI=1S/C15H23N3O/c1-11(16)12-7-9-13(10-8-12)17-15(19)18(2)14-5-3-4-6-14/h7-11,14H,3-6,16H2,1-2H3,(H,17,19). The number of benzene rings is 1. The first-order valence-electron chi connectivity index (χ1n) is 6.97. The first-order chi connectivity index (χ1) is 9.08. The van der Waals surface area contributed by atoms with Crippen LogP contribution in [0.3, 0.4) is 0 Å². The Balaban J connectivity index is 1.94. The highest BCUT2D eigenvalue weighted by Crippen LogP contribution is 2.23. The monoisotopic (exact) mass is 261 g/mol. The van der Waals surface area contributed by atoms with Crippen LogP contribution in [0.25, 0.3) is 0 Å². The van der Waals surface area contributed by atoms with Gasteiger partial charge in [-0.1, -0.05) is 25.0 Å². The Labute approximate surface area is 115 Å². The molecule has 1 atom stereocenters. The maximum Gasteiger partial charge on any atom is 0.321 e. The number of rotatable bonds is 3. The van der Waals surface area contributed by atoms with Crippen LogP contribution in [0, 0.1) is 0 Å². The molecule has 0 spiro atoms. The molecule has 19 heavy (non-hydrogen) atoms. The summed E-state index contributed by atoms with van der Waals surface area (Å²) >= 11 is 0. The van der Waals surface area contributed by atoms with E-state index in [1.165, 1.54) is 12.8 Å². The zero-order chi connectivity index (χ0) is 13.8. The minimum atomic E-state index is -0.0274. The van der Waals surface area contributed by atoms with Crippen molar-refractivity contribution in [2.75, 3.05) is 12.4 Å². The van der Waals surface area contributed by atoms with Crippen LogP contribution in [-0.4, -0.2) is 24.0 Å². The molecule has 1 aromatic carbocycles. The molecule has 4 heteroatoms. The SMILES string of the molecule is CC(N)c1ccc(NC(=O)N(C)C2CCCC2)cc1. The van der Waals surface area contributed by atoms with E-state index in [2.05, 4.69) is 5.32 Å². The van der Waals surface area contributed by atoms with Gasteiger partial charge in [-0.25, -0.2) is 4.79 Å². The van der Waals surface area contributed by atoms with E-state index >= 15 is 0 Å². The second-order valence-corrected chi connectivity index (χ2v) is 5.39. The van der Waals surface area contributed by atoms with Crippen LogP contribution in [0.5, 0.6) is 0 Å². The van der Waals surface area contributed by atoms with Gasteiger partial charge in [0.1, 0.15) is 0 Å². The molecule has 1 saturated carbocycles. The number of nitrogens with two attached hydrogens (primary N) is 1. The number of nitrogens with zero attached hydrogens (tertiary/aromatic N) is 1. The highest BCUT2D eigenvalue weighted by atomic mass is 16.2. The molecule has 0 saturated heterocycles. The zero-order valence-electron chi connectivity index (χ0n) is 11.7. The fourth-order valence-corrected chi connectivity index (χ4v) is 2.54. The molecular formula is C15H23N3O. The van der Waals surface area contributed by atoms with Crippen molar-refractivity contribution in [2.45, 2.75) is 44.7 Å². The Kier molecular flexibility index (Phi) is 4.43. The molecule has 1 fully saturated rings. The predicted octanol–water partition coefficient (Wildman–Crippen LogP) is 3.11. The van der Waals surface area contributed by atoms with Crippen LogP contribution in [0.2, 0.25) is 0 Å². The van der Waals surface area contributed by atoms with Crippen LogP contribution in [0.15, 0.2) is 24.3 Å². The quantitative estimate of drug-likeness (QED) is 0.878. The topological polar surface area (TPSA) is 58.4 Å². The Morgan fingerprint density at radius 2 is 1.89 bits per heavy atom. The van der Waals surface area contributed by atoms with Gasteiger partial charge in [0.2, 0.25) is 0 Å². The van der Waals surface area contributed by atoms with Gasteiger partial charge in [0.15, 0.2) is 0 Å². The van der Waals surface area contributed by atoms with Gasteiger partial charge >= 0.3 is 6.03 Å². The van der Waals surface area contributed by atoms with E-state index in [9.17, 15) is 4.79 Å². The second kappa shape index (κ2) is 6.06. The molecule has 2 amide bonds. The average Bonchev–Trinajstić information content (AvgIpc) is 2.92. The largest absolute Gasteiger partial charge is 0.325 e. The maximum absolute atomic E-state index is 12.1. The molecule has 0 heterocycles. The lowest BCUT2D eigenvalue weighted by molar-refractivity contribution is 0.205. The van der Waals surface area contributed by atoms with Crippen molar-refractivity contribution in [3.8, 4) is 0 Å². The van der Waals surface area contributed by atoms with E-state index in [4.69, 9.17) is 5.73 Å². The van der Waals surface area contributed by atoms with Gasteiger partial charge in [-0.15, -0.1) is 0 Å². The molecular weight excluding hydrogens is 238 g/mol. The normalized spacial score (nSPS) is 17.2. The summed E-state index contributed by atoms with van der Waals surface area (Å²) in [4.78, 5) is 13.9. The molecule has 0 bridgehead atoms. The molecule has 0 aromatic heterocycles. The zero-order valence-corrected chi connectivity index (χ0v) is 11.7. The highest BCUT2D eigenvalue weighted by molar-refractivity contribution is 5.89. The molecule has 1 aliphatic rings. The maximum atomic E-state index is 12.1. The number of carbonyl (C=O) groups is 1. The lowest BCUT2D eigenvalue weighted by Crippen LogP contribution is -2.38. The van der Waals surface area contributed by atoms with Crippen LogP contribution < -0.4 is 11.1 Å². The molecule has 1 unspecified atom stereocenters. The first-order valence-corrected chi connectivity index (χ1v) is 6.97. The van der Waals surface area contributed by atoms with Gasteiger partial charge in [-0.05, 0) is 37.5 Å². The van der Waals surface area contributed by atoms with Gasteiger partial charge in [0.05, 0.1) is 0 Å². The van der Waals surface area contributed by atoms with Gasteiger partial charge in [0.25, 0.3) is 0 Å². The molecule has 1 aliphatic carbocycles. The highest BCUT2D eigenvalue weighted by Gasteiger charge is 2.23. The number of carbonyl (C=O) groups excluding carboxylic acids is 1. The number of hydrogen-bond donors (Lipinski definition) is 2. The van der Waals surface area contributed by atoms with Gasteiger partial charge in [0, 0.05) is 24.8 Å². The Morgan fingerprint density at radius 3 is 2.42 bits per heavy atom. The number of nitrogens with one attached hydrogen (secondary N) is 1. The molecule has 104 valence electrons. The summed E-state index contributed by atoms with van der Waals surface area (Å²) in [6.07, 6.45) is 4.69. The van der Waals surface area contributed by atoms with Crippen molar-refractivity contribution < 1.29 is 4.79 Å². The third-order valence-electron chi connectivity index (χ3n) is 3.88. The molecule has 0 aliphatic heterocycles. The van der Waals surface area contributed by atoms with Crippen LogP contribution in [-0.2, 0) is 0 Å². The van der Waals surface area contributed by atoms with Crippen molar-refractivity contribution >= 4 is 11.7 Å². The summed E-state index contributed by atoms with van der Waals surface area (Å²) in [6, 6.07) is 8.10. The summed E-state index contributed by atoms with van der Waals surface area (Å²) in [5.74, 6) is 0. The Hall–Kier alpha value is -1.55.